The maximum atomic E-state index is 13.1. The molecule has 0 saturated carbocycles. The third-order valence-electron chi connectivity index (χ3n) is 5.60. The molecule has 0 saturated heterocycles. The number of para-hydroxylation sites is 3. The van der Waals surface area contributed by atoms with Gasteiger partial charge in [-0.25, -0.2) is 9.67 Å². The summed E-state index contributed by atoms with van der Waals surface area (Å²) in [5.41, 5.74) is 3.31. The molecule has 0 radical (unpaired) electrons. The highest BCUT2D eigenvalue weighted by Crippen LogP contribution is 2.23. The van der Waals surface area contributed by atoms with Gasteiger partial charge in [-0.1, -0.05) is 54.9 Å². The van der Waals surface area contributed by atoms with Crippen LogP contribution in [0.25, 0.3) is 16.7 Å². The van der Waals surface area contributed by atoms with Crippen molar-refractivity contribution in [3.63, 3.8) is 0 Å². The minimum atomic E-state index is -0.361. The highest BCUT2D eigenvalue weighted by atomic mass is 35.5. The zero-order valence-corrected chi connectivity index (χ0v) is 19.2. The summed E-state index contributed by atoms with van der Waals surface area (Å²) in [5.74, 6) is 0.134. The number of benzene rings is 2. The molecule has 9 heteroatoms. The predicted molar refractivity (Wildman–Crippen MR) is 127 cm³/mol. The average Bonchev–Trinajstić information content (AvgIpc) is 3.35. The van der Waals surface area contributed by atoms with E-state index in [2.05, 4.69) is 39.4 Å². The van der Waals surface area contributed by atoms with Crippen molar-refractivity contribution in [3.8, 4) is 5.69 Å². The fourth-order valence-corrected chi connectivity index (χ4v) is 3.95. The summed E-state index contributed by atoms with van der Waals surface area (Å²) >= 11 is 6.29. The van der Waals surface area contributed by atoms with Crippen LogP contribution in [0.3, 0.4) is 0 Å². The van der Waals surface area contributed by atoms with Gasteiger partial charge in [0, 0.05) is 13.1 Å². The Balaban J connectivity index is 1.63. The first-order chi connectivity index (χ1) is 15.5. The van der Waals surface area contributed by atoms with Crippen LogP contribution in [-0.4, -0.2) is 55.0 Å². The average molecular weight is 452 g/mol. The van der Waals surface area contributed by atoms with E-state index in [0.717, 1.165) is 30.7 Å². The normalized spacial score (nSPS) is 11.4. The molecule has 0 spiro atoms. The second kappa shape index (κ2) is 9.50. The lowest BCUT2D eigenvalue weighted by Crippen LogP contribution is -2.28. The number of carbonyl (C=O) groups is 1. The number of halogens is 1. The Kier molecular flexibility index (Phi) is 6.53. The van der Waals surface area contributed by atoms with Crippen LogP contribution in [0.1, 0.15) is 30.0 Å². The third kappa shape index (κ3) is 4.24. The Hall–Kier alpha value is -3.23. The predicted octanol–water partition coefficient (Wildman–Crippen LogP) is 4.17. The second-order valence-electron chi connectivity index (χ2n) is 7.44. The van der Waals surface area contributed by atoms with Crippen LogP contribution < -0.4 is 5.32 Å². The van der Waals surface area contributed by atoms with E-state index in [-0.39, 0.29) is 11.6 Å². The number of fused-ring (bicyclic) bond motifs is 1. The van der Waals surface area contributed by atoms with Gasteiger partial charge in [-0.05, 0) is 44.3 Å². The van der Waals surface area contributed by atoms with E-state index in [0.29, 0.717) is 28.9 Å². The molecule has 8 nitrogen and oxygen atoms in total. The van der Waals surface area contributed by atoms with E-state index in [1.807, 2.05) is 47.0 Å². The molecular formula is C23H26ClN7O. The van der Waals surface area contributed by atoms with Gasteiger partial charge in [-0.3, -0.25) is 10.1 Å². The van der Waals surface area contributed by atoms with Crippen molar-refractivity contribution in [1.29, 1.82) is 0 Å². The second-order valence-corrected chi connectivity index (χ2v) is 7.85. The zero-order chi connectivity index (χ0) is 22.7. The summed E-state index contributed by atoms with van der Waals surface area (Å²) in [6.45, 7) is 9.58. The van der Waals surface area contributed by atoms with Gasteiger partial charge in [0.05, 0.1) is 27.4 Å². The molecule has 0 unspecified atom stereocenters. The minimum Gasteiger partial charge on any atom is -0.309 e. The molecule has 4 aromatic rings. The number of rotatable bonds is 8. The molecule has 0 fully saturated rings. The Bertz CT molecular complexity index is 1240. The molecule has 1 N–H and O–H groups in total. The zero-order valence-electron chi connectivity index (χ0n) is 18.4. The highest BCUT2D eigenvalue weighted by molar-refractivity contribution is 6.32. The highest BCUT2D eigenvalue weighted by Gasteiger charge is 2.21. The van der Waals surface area contributed by atoms with Crippen molar-refractivity contribution in [2.75, 3.05) is 25.0 Å². The van der Waals surface area contributed by atoms with Crippen molar-refractivity contribution >= 4 is 34.5 Å². The largest absolute Gasteiger partial charge is 0.309 e. The number of anilines is 1. The fraction of sp³-hybridized carbons (Fsp3) is 0.304. The smallest absolute Gasteiger partial charge is 0.280 e. The number of amides is 1. The number of imidazole rings is 1. The van der Waals surface area contributed by atoms with Gasteiger partial charge in [0.2, 0.25) is 5.95 Å². The first-order valence-corrected chi connectivity index (χ1v) is 11.1. The van der Waals surface area contributed by atoms with Crippen LogP contribution in [0, 0.1) is 6.92 Å². The van der Waals surface area contributed by atoms with Crippen LogP contribution in [-0.2, 0) is 6.54 Å². The molecule has 0 aliphatic carbocycles. The van der Waals surface area contributed by atoms with Gasteiger partial charge in [0.15, 0.2) is 5.69 Å². The topological polar surface area (TPSA) is 80.9 Å². The van der Waals surface area contributed by atoms with E-state index in [4.69, 9.17) is 11.6 Å². The van der Waals surface area contributed by atoms with Gasteiger partial charge in [-0.2, -0.15) is 0 Å². The number of nitrogens with zero attached hydrogens (tertiary/aromatic N) is 6. The van der Waals surface area contributed by atoms with Crippen LogP contribution in [0.4, 0.5) is 5.95 Å². The molecule has 1 amide bonds. The summed E-state index contributed by atoms with van der Waals surface area (Å²) in [6.07, 6.45) is 0. The maximum Gasteiger partial charge on any atom is 0.280 e. The maximum absolute atomic E-state index is 13.1. The van der Waals surface area contributed by atoms with Gasteiger partial charge in [0.1, 0.15) is 0 Å². The van der Waals surface area contributed by atoms with Crippen molar-refractivity contribution in [3.05, 3.63) is 64.9 Å². The molecule has 166 valence electrons. The monoisotopic (exact) mass is 451 g/mol. The van der Waals surface area contributed by atoms with E-state index in [9.17, 15) is 4.79 Å². The van der Waals surface area contributed by atoms with E-state index < -0.39 is 0 Å². The molecule has 0 bridgehead atoms. The number of nitrogens with one attached hydrogen (secondary N) is 1. The molecule has 0 aliphatic heterocycles. The number of hydrogen-bond donors (Lipinski definition) is 1. The third-order valence-corrected chi connectivity index (χ3v) is 5.92. The molecule has 0 atom stereocenters. The molecule has 2 heterocycles. The standard InChI is InChI=1S/C23H26ClN7O/c1-4-29(5-2)14-15-30-20-13-9-7-11-18(20)25-23(30)26-22(32)21-16(3)31(28-27-21)19-12-8-6-10-17(19)24/h6-13H,4-5,14-15H2,1-3H3,(H,25,26,32). The lowest BCUT2D eigenvalue weighted by Gasteiger charge is -2.19. The Morgan fingerprint density at radius 2 is 1.81 bits per heavy atom. The molecule has 32 heavy (non-hydrogen) atoms. The number of carbonyl (C=O) groups excluding carboxylic acids is 1. The van der Waals surface area contributed by atoms with Crippen molar-refractivity contribution < 1.29 is 4.79 Å². The Morgan fingerprint density at radius 3 is 2.56 bits per heavy atom. The van der Waals surface area contributed by atoms with Crippen molar-refractivity contribution in [2.45, 2.75) is 27.3 Å². The minimum absolute atomic E-state index is 0.229. The summed E-state index contributed by atoms with van der Waals surface area (Å²) < 4.78 is 3.61. The summed E-state index contributed by atoms with van der Waals surface area (Å²) in [5, 5.41) is 11.7. The van der Waals surface area contributed by atoms with Crippen LogP contribution >= 0.6 is 11.6 Å². The number of aromatic nitrogens is 5. The first kappa shape index (κ1) is 22.0. The van der Waals surface area contributed by atoms with E-state index >= 15 is 0 Å². The molecule has 2 aromatic carbocycles. The van der Waals surface area contributed by atoms with Crippen LogP contribution in [0.15, 0.2) is 48.5 Å². The van der Waals surface area contributed by atoms with Gasteiger partial charge in [0.25, 0.3) is 5.91 Å². The van der Waals surface area contributed by atoms with Gasteiger partial charge >= 0.3 is 0 Å². The summed E-state index contributed by atoms with van der Waals surface area (Å²) in [7, 11) is 0. The SMILES string of the molecule is CCN(CC)CCn1c(NC(=O)c2nnn(-c3ccccc3Cl)c2C)nc2ccccc21. The quantitative estimate of drug-likeness (QED) is 0.434. The van der Waals surface area contributed by atoms with Gasteiger partial charge in [-0.15, -0.1) is 5.10 Å². The van der Waals surface area contributed by atoms with Crippen molar-refractivity contribution in [2.24, 2.45) is 0 Å². The molecule has 2 aromatic heterocycles. The Labute approximate surface area is 191 Å². The van der Waals surface area contributed by atoms with Crippen LogP contribution in [0.5, 0.6) is 0 Å². The fourth-order valence-electron chi connectivity index (χ4n) is 3.73. The Morgan fingerprint density at radius 1 is 1.09 bits per heavy atom. The first-order valence-electron chi connectivity index (χ1n) is 10.7. The van der Waals surface area contributed by atoms with Crippen molar-refractivity contribution in [1.82, 2.24) is 29.4 Å². The molecular weight excluding hydrogens is 426 g/mol. The number of hydrogen-bond acceptors (Lipinski definition) is 5. The molecule has 4 rings (SSSR count). The summed E-state index contributed by atoms with van der Waals surface area (Å²) in [4.78, 5) is 20.1. The van der Waals surface area contributed by atoms with Gasteiger partial charge < -0.3 is 9.47 Å². The van der Waals surface area contributed by atoms with Crippen LogP contribution in [0.2, 0.25) is 5.02 Å². The van der Waals surface area contributed by atoms with E-state index in [1.54, 1.807) is 17.7 Å². The lowest BCUT2D eigenvalue weighted by molar-refractivity contribution is 0.102. The van der Waals surface area contributed by atoms with E-state index in [1.165, 1.54) is 0 Å². The summed E-state index contributed by atoms with van der Waals surface area (Å²) in [6, 6.07) is 15.2. The lowest BCUT2D eigenvalue weighted by atomic mass is 10.3. The molecule has 0 aliphatic rings. The number of likely N-dealkylation sites (N-methyl/N-ethyl adjacent to an activating group) is 1.